The van der Waals surface area contributed by atoms with Crippen molar-refractivity contribution in [3.63, 3.8) is 0 Å². The maximum absolute atomic E-state index is 10.3. The minimum atomic E-state index is 0.269. The monoisotopic (exact) mass is 203 g/mol. The van der Waals surface area contributed by atoms with Gasteiger partial charge in [-0.05, 0) is 18.2 Å². The summed E-state index contributed by atoms with van der Waals surface area (Å²) in [5, 5.41) is 0. The second-order valence-electron chi connectivity index (χ2n) is 2.88. The first-order valence-electron chi connectivity index (χ1n) is 4.46. The molecule has 0 aromatic carbocycles. The minimum absolute atomic E-state index is 0.269. The number of carbonyl (C=O) groups is 1. The van der Waals surface area contributed by atoms with Crippen molar-refractivity contribution in [2.75, 3.05) is 0 Å². The van der Waals surface area contributed by atoms with Gasteiger partial charge >= 0.3 is 0 Å². The van der Waals surface area contributed by atoms with Crippen LogP contribution in [0.25, 0.3) is 0 Å². The van der Waals surface area contributed by atoms with Crippen LogP contribution in [0.3, 0.4) is 0 Å². The maximum Gasteiger partial charge on any atom is 0.213 e. The fourth-order valence-electron chi connectivity index (χ4n) is 1.11. The molecule has 4 nitrogen and oxygen atoms in total. The number of aldehydes is 1. The second kappa shape index (κ2) is 4.41. The van der Waals surface area contributed by atoms with Crippen molar-refractivity contribution in [1.29, 1.82) is 0 Å². The molecule has 0 atom stereocenters. The quantitative estimate of drug-likeness (QED) is 0.714. The lowest BCUT2D eigenvalue weighted by atomic mass is 10.4. The van der Waals surface area contributed by atoms with Gasteiger partial charge in [-0.25, -0.2) is 4.98 Å². The van der Waals surface area contributed by atoms with Gasteiger partial charge in [0.05, 0.1) is 0 Å². The molecule has 0 spiro atoms. The Kier molecular flexibility index (Phi) is 2.78. The molecule has 4 heteroatoms. The fraction of sp³-hybridized carbons (Fsp3) is 0.0909. The van der Waals surface area contributed by atoms with E-state index in [0.29, 0.717) is 23.7 Å². The number of hydrogen-bond acceptors (Lipinski definition) is 4. The molecule has 0 aliphatic heterocycles. The molecule has 0 aliphatic rings. The molecule has 0 N–H and O–H groups in total. The molecule has 15 heavy (non-hydrogen) atoms. The highest BCUT2D eigenvalue weighted by Gasteiger charge is 2.01. The van der Waals surface area contributed by atoms with Crippen molar-refractivity contribution in [2.45, 2.75) is 6.61 Å². The molecule has 0 fully saturated rings. The number of nitrogens with zero attached hydrogens (tertiary/aromatic N) is 1. The van der Waals surface area contributed by atoms with Crippen LogP contribution < -0.4 is 4.74 Å². The zero-order chi connectivity index (χ0) is 10.5. The van der Waals surface area contributed by atoms with Gasteiger partial charge in [-0.3, -0.25) is 4.79 Å². The number of pyridine rings is 1. The molecule has 76 valence electrons. The Morgan fingerprint density at radius 2 is 2.27 bits per heavy atom. The Morgan fingerprint density at radius 3 is 2.93 bits per heavy atom. The zero-order valence-electron chi connectivity index (χ0n) is 7.92. The molecule has 2 rings (SSSR count). The summed E-state index contributed by atoms with van der Waals surface area (Å²) in [7, 11) is 0. The number of rotatable bonds is 4. The third-order valence-electron chi connectivity index (χ3n) is 1.80. The Bertz CT molecular complexity index is 436. The van der Waals surface area contributed by atoms with E-state index in [4.69, 9.17) is 9.15 Å². The zero-order valence-corrected chi connectivity index (χ0v) is 7.92. The van der Waals surface area contributed by atoms with Gasteiger partial charge in [0.2, 0.25) is 5.88 Å². The molecule has 0 saturated carbocycles. The first-order valence-corrected chi connectivity index (χ1v) is 4.46. The van der Waals surface area contributed by atoms with E-state index >= 15 is 0 Å². The highest BCUT2D eigenvalue weighted by molar-refractivity contribution is 5.70. The van der Waals surface area contributed by atoms with E-state index in [0.717, 1.165) is 0 Å². The third-order valence-corrected chi connectivity index (χ3v) is 1.80. The summed E-state index contributed by atoms with van der Waals surface area (Å²) in [6.45, 7) is 0.269. The van der Waals surface area contributed by atoms with Crippen LogP contribution in [0.1, 0.15) is 16.3 Å². The molecule has 0 saturated heterocycles. The topological polar surface area (TPSA) is 52.3 Å². The average molecular weight is 203 g/mol. The van der Waals surface area contributed by atoms with E-state index in [2.05, 4.69) is 4.98 Å². The normalized spacial score (nSPS) is 9.87. The van der Waals surface area contributed by atoms with E-state index in [1.807, 2.05) is 12.1 Å². The van der Waals surface area contributed by atoms with Crippen molar-refractivity contribution in [3.05, 3.63) is 48.0 Å². The highest BCUT2D eigenvalue weighted by Crippen LogP contribution is 2.10. The van der Waals surface area contributed by atoms with E-state index in [-0.39, 0.29) is 6.61 Å². The first-order chi connectivity index (χ1) is 7.38. The fourth-order valence-corrected chi connectivity index (χ4v) is 1.11. The standard InChI is InChI=1S/C11H9NO3/c13-7-9-4-5-10(15-9)8-14-11-3-1-2-6-12-11/h1-7H,8H2. The molecule has 0 bridgehead atoms. The van der Waals surface area contributed by atoms with E-state index < -0.39 is 0 Å². The molecule has 0 radical (unpaired) electrons. The molecule has 0 aliphatic carbocycles. The lowest BCUT2D eigenvalue weighted by molar-refractivity contribution is 0.109. The summed E-state index contributed by atoms with van der Waals surface area (Å²) >= 11 is 0. The summed E-state index contributed by atoms with van der Waals surface area (Å²) in [6, 6.07) is 8.70. The minimum Gasteiger partial charge on any atom is -0.469 e. The van der Waals surface area contributed by atoms with Crippen LogP contribution >= 0.6 is 0 Å². The summed E-state index contributed by atoms with van der Waals surface area (Å²) in [4.78, 5) is 14.3. The van der Waals surface area contributed by atoms with Crippen LogP contribution in [0, 0.1) is 0 Å². The highest BCUT2D eigenvalue weighted by atomic mass is 16.5. The Balaban J connectivity index is 1.96. The Morgan fingerprint density at radius 1 is 1.33 bits per heavy atom. The molecule has 2 aromatic rings. The summed E-state index contributed by atoms with van der Waals surface area (Å²) in [6.07, 6.45) is 2.30. The molecule has 2 heterocycles. The van der Waals surface area contributed by atoms with Crippen LogP contribution in [0.4, 0.5) is 0 Å². The Hall–Kier alpha value is -2.10. The predicted octanol–water partition coefficient (Wildman–Crippen LogP) is 2.07. The largest absolute Gasteiger partial charge is 0.469 e. The predicted molar refractivity (Wildman–Crippen MR) is 52.7 cm³/mol. The summed E-state index contributed by atoms with van der Waals surface area (Å²) in [5.41, 5.74) is 0. The summed E-state index contributed by atoms with van der Waals surface area (Å²) < 4.78 is 10.5. The number of carbonyl (C=O) groups excluding carboxylic acids is 1. The lowest BCUT2D eigenvalue weighted by Crippen LogP contribution is -1.94. The van der Waals surface area contributed by atoms with Gasteiger partial charge in [-0.2, -0.15) is 0 Å². The molecular weight excluding hydrogens is 194 g/mol. The van der Waals surface area contributed by atoms with Gasteiger partial charge in [0.15, 0.2) is 12.0 Å². The van der Waals surface area contributed by atoms with Gasteiger partial charge in [0, 0.05) is 12.3 Å². The van der Waals surface area contributed by atoms with Crippen LogP contribution in [0.5, 0.6) is 5.88 Å². The van der Waals surface area contributed by atoms with Crippen LogP contribution in [-0.4, -0.2) is 11.3 Å². The van der Waals surface area contributed by atoms with Crippen molar-refractivity contribution in [3.8, 4) is 5.88 Å². The molecule has 0 unspecified atom stereocenters. The average Bonchev–Trinajstić information content (AvgIpc) is 2.76. The smallest absolute Gasteiger partial charge is 0.213 e. The van der Waals surface area contributed by atoms with Gasteiger partial charge in [-0.15, -0.1) is 0 Å². The van der Waals surface area contributed by atoms with E-state index in [1.54, 1.807) is 24.4 Å². The van der Waals surface area contributed by atoms with Gasteiger partial charge in [0.1, 0.15) is 12.4 Å². The van der Waals surface area contributed by atoms with Crippen molar-refractivity contribution in [2.24, 2.45) is 0 Å². The number of furan rings is 1. The van der Waals surface area contributed by atoms with Crippen LogP contribution in [-0.2, 0) is 6.61 Å². The van der Waals surface area contributed by atoms with Gasteiger partial charge < -0.3 is 9.15 Å². The van der Waals surface area contributed by atoms with Crippen molar-refractivity contribution in [1.82, 2.24) is 4.98 Å². The first kappa shape index (κ1) is 9.45. The van der Waals surface area contributed by atoms with E-state index in [1.165, 1.54) is 0 Å². The van der Waals surface area contributed by atoms with Gasteiger partial charge in [-0.1, -0.05) is 6.07 Å². The van der Waals surface area contributed by atoms with E-state index in [9.17, 15) is 4.79 Å². The molecular formula is C11H9NO3. The molecule has 0 amide bonds. The van der Waals surface area contributed by atoms with Gasteiger partial charge in [0.25, 0.3) is 0 Å². The molecule has 2 aromatic heterocycles. The second-order valence-corrected chi connectivity index (χ2v) is 2.88. The number of hydrogen-bond donors (Lipinski definition) is 0. The lowest BCUT2D eigenvalue weighted by Gasteiger charge is -2.01. The van der Waals surface area contributed by atoms with Crippen molar-refractivity contribution >= 4 is 6.29 Å². The van der Waals surface area contributed by atoms with Crippen molar-refractivity contribution < 1.29 is 13.9 Å². The summed E-state index contributed by atoms with van der Waals surface area (Å²) in [5.74, 6) is 1.43. The van der Waals surface area contributed by atoms with Crippen LogP contribution in [0.15, 0.2) is 40.9 Å². The maximum atomic E-state index is 10.3. The number of aromatic nitrogens is 1. The Labute approximate surface area is 86.5 Å². The van der Waals surface area contributed by atoms with Crippen LogP contribution in [0.2, 0.25) is 0 Å². The number of ether oxygens (including phenoxy) is 1. The third kappa shape index (κ3) is 2.43. The SMILES string of the molecule is O=Cc1ccc(COc2ccccn2)o1.